The molecule has 0 bridgehead atoms. The van der Waals surface area contributed by atoms with Crippen molar-refractivity contribution in [2.75, 3.05) is 13.7 Å². The van der Waals surface area contributed by atoms with Crippen LogP contribution in [0.15, 0.2) is 28.7 Å². The molecule has 0 fully saturated rings. The molecule has 0 aliphatic rings. The third kappa shape index (κ3) is 2.98. The third-order valence-electron chi connectivity index (χ3n) is 3.30. The molecule has 0 saturated heterocycles. The molecule has 24 heavy (non-hydrogen) atoms. The molecule has 1 aromatic heterocycles. The van der Waals surface area contributed by atoms with Gasteiger partial charge < -0.3 is 13.9 Å². The van der Waals surface area contributed by atoms with E-state index in [4.69, 9.17) is 9.15 Å². The number of furan rings is 1. The molecule has 126 valence electrons. The molecule has 0 amide bonds. The number of rotatable bonds is 5. The van der Waals surface area contributed by atoms with Crippen LogP contribution in [0.5, 0.6) is 0 Å². The van der Waals surface area contributed by atoms with E-state index in [2.05, 4.69) is 4.74 Å². The minimum atomic E-state index is -0.846. The molecule has 0 atom stereocenters. The molecular weight excluding hydrogens is 318 g/mol. The second-order valence-electron chi connectivity index (χ2n) is 4.72. The van der Waals surface area contributed by atoms with E-state index in [-0.39, 0.29) is 40.5 Å². The number of methoxy groups -OCH3 is 1. The number of aryl methyl sites for hydroxylation is 1. The summed E-state index contributed by atoms with van der Waals surface area (Å²) in [5, 5.41) is 11.3. The van der Waals surface area contributed by atoms with Crippen molar-refractivity contribution < 1.29 is 28.4 Å². The van der Waals surface area contributed by atoms with Gasteiger partial charge in [0.05, 0.1) is 29.8 Å². The summed E-state index contributed by atoms with van der Waals surface area (Å²) in [7, 11) is 1.15. The topological polar surface area (TPSA) is 109 Å². The Kier molecular flexibility index (Phi) is 4.98. The summed E-state index contributed by atoms with van der Waals surface area (Å²) in [4.78, 5) is 35.0. The molecule has 8 nitrogen and oxygen atoms in total. The number of para-hydroxylation sites is 1. The van der Waals surface area contributed by atoms with Crippen LogP contribution in [0, 0.1) is 17.0 Å². The number of esters is 2. The van der Waals surface area contributed by atoms with Crippen molar-refractivity contribution in [2.24, 2.45) is 0 Å². The summed E-state index contributed by atoms with van der Waals surface area (Å²) in [5.74, 6) is -1.75. The van der Waals surface area contributed by atoms with Gasteiger partial charge in [0.25, 0.3) is 5.69 Å². The lowest BCUT2D eigenvalue weighted by molar-refractivity contribution is -0.384. The van der Waals surface area contributed by atoms with Gasteiger partial charge in [0.15, 0.2) is 0 Å². The summed E-state index contributed by atoms with van der Waals surface area (Å²) in [6.45, 7) is 3.20. The fourth-order valence-corrected chi connectivity index (χ4v) is 2.33. The second-order valence-corrected chi connectivity index (χ2v) is 4.72. The van der Waals surface area contributed by atoms with Crippen molar-refractivity contribution in [3.8, 4) is 11.1 Å². The van der Waals surface area contributed by atoms with E-state index in [0.717, 1.165) is 7.11 Å². The molecule has 1 heterocycles. The molecule has 2 rings (SSSR count). The van der Waals surface area contributed by atoms with Crippen molar-refractivity contribution in [1.82, 2.24) is 0 Å². The van der Waals surface area contributed by atoms with Crippen LogP contribution in [-0.2, 0) is 9.47 Å². The molecular formula is C16H15NO7. The van der Waals surface area contributed by atoms with Crippen LogP contribution in [0.4, 0.5) is 5.69 Å². The van der Waals surface area contributed by atoms with Gasteiger partial charge in [-0.1, -0.05) is 12.1 Å². The lowest BCUT2D eigenvalue weighted by Crippen LogP contribution is -2.09. The SMILES string of the molecule is CCOC(=O)c1c(C)oc(C(=O)OC)c1-c1ccccc1[N+](=O)[O-]. The first kappa shape index (κ1) is 17.2. The molecule has 8 heteroatoms. The summed E-state index contributed by atoms with van der Waals surface area (Å²) >= 11 is 0. The van der Waals surface area contributed by atoms with Crippen LogP contribution >= 0.6 is 0 Å². The zero-order valence-corrected chi connectivity index (χ0v) is 13.3. The quantitative estimate of drug-likeness (QED) is 0.469. The van der Waals surface area contributed by atoms with Gasteiger partial charge in [0.1, 0.15) is 11.3 Å². The van der Waals surface area contributed by atoms with Crippen molar-refractivity contribution >= 4 is 17.6 Å². The van der Waals surface area contributed by atoms with E-state index in [1.165, 1.54) is 25.1 Å². The number of hydrogen-bond donors (Lipinski definition) is 0. The minimum absolute atomic E-state index is 0.00917. The van der Waals surface area contributed by atoms with Gasteiger partial charge in [0.2, 0.25) is 5.76 Å². The van der Waals surface area contributed by atoms with Gasteiger partial charge in [-0.25, -0.2) is 9.59 Å². The molecule has 0 saturated carbocycles. The average molecular weight is 333 g/mol. The second kappa shape index (κ2) is 6.95. The first-order valence-electron chi connectivity index (χ1n) is 7.04. The highest BCUT2D eigenvalue weighted by Gasteiger charge is 2.33. The first-order valence-corrected chi connectivity index (χ1v) is 7.04. The van der Waals surface area contributed by atoms with Gasteiger partial charge in [-0.15, -0.1) is 0 Å². The van der Waals surface area contributed by atoms with E-state index < -0.39 is 16.9 Å². The Morgan fingerprint density at radius 2 is 1.92 bits per heavy atom. The summed E-state index contributed by atoms with van der Waals surface area (Å²) in [6, 6.07) is 5.74. The van der Waals surface area contributed by atoms with Gasteiger partial charge in [0, 0.05) is 6.07 Å². The monoisotopic (exact) mass is 333 g/mol. The standard InChI is InChI=1S/C16H15NO7/c1-4-23-15(18)12-9(2)24-14(16(19)22-3)13(12)10-7-5-6-8-11(10)17(20)21/h5-8H,4H2,1-3H3. The van der Waals surface area contributed by atoms with Gasteiger partial charge in [-0.3, -0.25) is 10.1 Å². The van der Waals surface area contributed by atoms with Crippen molar-refractivity contribution in [3.63, 3.8) is 0 Å². The lowest BCUT2D eigenvalue weighted by Gasteiger charge is -2.06. The summed E-state index contributed by atoms with van der Waals surface area (Å²) in [5.41, 5.74) is -0.242. The predicted molar refractivity (Wildman–Crippen MR) is 82.8 cm³/mol. The number of nitrogens with zero attached hydrogens (tertiary/aromatic N) is 1. The Labute approximate surface area is 137 Å². The van der Waals surface area contributed by atoms with Gasteiger partial charge in [-0.2, -0.15) is 0 Å². The van der Waals surface area contributed by atoms with Crippen LogP contribution in [0.3, 0.4) is 0 Å². The minimum Gasteiger partial charge on any atom is -0.463 e. The first-order chi connectivity index (χ1) is 11.4. The van der Waals surface area contributed by atoms with Gasteiger partial charge >= 0.3 is 11.9 Å². The van der Waals surface area contributed by atoms with E-state index in [1.807, 2.05) is 0 Å². The van der Waals surface area contributed by atoms with Crippen LogP contribution in [0.25, 0.3) is 11.1 Å². The molecule has 0 radical (unpaired) electrons. The Morgan fingerprint density at radius 1 is 1.25 bits per heavy atom. The number of hydrogen-bond acceptors (Lipinski definition) is 7. The number of nitro groups is 1. The highest BCUT2D eigenvalue weighted by molar-refractivity contribution is 6.06. The average Bonchev–Trinajstić information content (AvgIpc) is 2.91. The van der Waals surface area contributed by atoms with Gasteiger partial charge in [-0.05, 0) is 19.9 Å². The zero-order valence-electron chi connectivity index (χ0n) is 13.3. The Hall–Kier alpha value is -3.16. The number of ether oxygens (including phenoxy) is 2. The number of benzene rings is 1. The molecule has 2 aromatic rings. The zero-order chi connectivity index (χ0) is 17.9. The van der Waals surface area contributed by atoms with Crippen LogP contribution in [0.2, 0.25) is 0 Å². The molecule has 0 aliphatic carbocycles. The maximum absolute atomic E-state index is 12.3. The summed E-state index contributed by atoms with van der Waals surface area (Å²) in [6.07, 6.45) is 0. The van der Waals surface area contributed by atoms with E-state index >= 15 is 0 Å². The van der Waals surface area contributed by atoms with Crippen molar-refractivity contribution in [2.45, 2.75) is 13.8 Å². The lowest BCUT2D eigenvalue weighted by atomic mass is 9.98. The molecule has 1 aromatic carbocycles. The Morgan fingerprint density at radius 3 is 2.50 bits per heavy atom. The van der Waals surface area contributed by atoms with E-state index in [9.17, 15) is 19.7 Å². The highest BCUT2D eigenvalue weighted by atomic mass is 16.6. The van der Waals surface area contributed by atoms with Crippen LogP contribution in [0.1, 0.15) is 33.6 Å². The molecule has 0 aliphatic heterocycles. The van der Waals surface area contributed by atoms with E-state index in [0.29, 0.717) is 0 Å². The van der Waals surface area contributed by atoms with Crippen LogP contribution < -0.4 is 0 Å². The Balaban J connectivity index is 2.82. The maximum atomic E-state index is 12.3. The number of carbonyl (C=O) groups excluding carboxylic acids is 2. The normalized spacial score (nSPS) is 10.3. The summed E-state index contributed by atoms with van der Waals surface area (Å²) < 4.78 is 15.0. The number of nitro benzene ring substituents is 1. The van der Waals surface area contributed by atoms with E-state index in [1.54, 1.807) is 13.0 Å². The fraction of sp³-hybridized carbons (Fsp3) is 0.250. The molecule has 0 spiro atoms. The number of carbonyl (C=O) groups is 2. The predicted octanol–water partition coefficient (Wildman–Crippen LogP) is 3.13. The fourth-order valence-electron chi connectivity index (χ4n) is 2.33. The molecule has 0 unspecified atom stereocenters. The van der Waals surface area contributed by atoms with Crippen LogP contribution in [-0.4, -0.2) is 30.6 Å². The Bertz CT molecular complexity index is 807. The van der Waals surface area contributed by atoms with Crippen molar-refractivity contribution in [3.05, 3.63) is 51.5 Å². The largest absolute Gasteiger partial charge is 0.463 e. The van der Waals surface area contributed by atoms with Crippen molar-refractivity contribution in [1.29, 1.82) is 0 Å². The molecule has 0 N–H and O–H groups in total. The highest BCUT2D eigenvalue weighted by Crippen LogP contribution is 2.38. The smallest absolute Gasteiger partial charge is 0.374 e. The maximum Gasteiger partial charge on any atom is 0.374 e. The third-order valence-corrected chi connectivity index (χ3v) is 3.30.